The molecule has 3 heterocycles. The predicted octanol–water partition coefficient (Wildman–Crippen LogP) is 1.26. The maximum absolute atomic E-state index is 13.1. The molecule has 1 aromatic heterocycles. The molecule has 2 aliphatic heterocycles. The van der Waals surface area contributed by atoms with Gasteiger partial charge in [-0.3, -0.25) is 9.59 Å². The number of piperidine rings is 1. The Morgan fingerprint density at radius 2 is 2.12 bits per heavy atom. The molecule has 2 amide bonds. The third-order valence-corrected chi connectivity index (χ3v) is 4.87. The number of hydrogen-bond donors (Lipinski definition) is 1. The maximum Gasteiger partial charge on any atom is 0.255 e. The minimum atomic E-state index is -0.590. The van der Waals surface area contributed by atoms with Crippen LogP contribution in [0, 0.1) is 6.92 Å². The Kier molecular flexibility index (Phi) is 3.80. The lowest BCUT2D eigenvalue weighted by Gasteiger charge is -2.38. The first-order valence-electron chi connectivity index (χ1n) is 8.40. The van der Waals surface area contributed by atoms with Crippen molar-refractivity contribution in [2.75, 3.05) is 19.7 Å². The van der Waals surface area contributed by atoms with Gasteiger partial charge in [-0.1, -0.05) is 11.6 Å². The zero-order valence-electron chi connectivity index (χ0n) is 14.1. The van der Waals surface area contributed by atoms with E-state index >= 15 is 0 Å². The van der Waals surface area contributed by atoms with E-state index in [1.165, 1.54) is 0 Å². The highest BCUT2D eigenvalue weighted by Crippen LogP contribution is 2.28. The second kappa shape index (κ2) is 6.00. The summed E-state index contributed by atoms with van der Waals surface area (Å²) in [6.45, 7) is 3.19. The molecule has 1 spiro atoms. The lowest BCUT2D eigenvalue weighted by Crippen LogP contribution is -2.53. The fourth-order valence-electron chi connectivity index (χ4n) is 3.49. The molecule has 7 heteroatoms. The molecule has 0 saturated carbocycles. The average molecular weight is 340 g/mol. The number of nitrogens with zero attached hydrogens (tertiary/aromatic N) is 3. The molecule has 7 nitrogen and oxygen atoms in total. The first-order chi connectivity index (χ1) is 12.1. The van der Waals surface area contributed by atoms with Crippen molar-refractivity contribution in [1.82, 2.24) is 19.8 Å². The summed E-state index contributed by atoms with van der Waals surface area (Å²) in [7, 11) is 0. The number of carbonyl (C=O) groups is 2. The largest absolute Gasteiger partial charge is 0.346 e. The van der Waals surface area contributed by atoms with E-state index < -0.39 is 5.72 Å². The molecule has 0 aliphatic carbocycles. The SMILES string of the molecule is Cc1ccc(-n2ccnc2)c(C(=O)N2CCC3(CC2)NC(=O)CO3)c1. The van der Waals surface area contributed by atoms with Gasteiger partial charge in [0.2, 0.25) is 5.91 Å². The van der Waals surface area contributed by atoms with E-state index in [9.17, 15) is 9.59 Å². The highest BCUT2D eigenvalue weighted by Gasteiger charge is 2.42. The number of carbonyl (C=O) groups excluding carboxylic acids is 2. The minimum Gasteiger partial charge on any atom is -0.346 e. The number of nitrogens with one attached hydrogen (secondary N) is 1. The Bertz CT molecular complexity index is 808. The van der Waals surface area contributed by atoms with Gasteiger partial charge in [-0.2, -0.15) is 0 Å². The number of hydrogen-bond acceptors (Lipinski definition) is 4. The summed E-state index contributed by atoms with van der Waals surface area (Å²) in [5.41, 5.74) is 1.92. The predicted molar refractivity (Wildman–Crippen MR) is 90.3 cm³/mol. The molecule has 0 atom stereocenters. The molecule has 25 heavy (non-hydrogen) atoms. The summed E-state index contributed by atoms with van der Waals surface area (Å²) in [5, 5.41) is 2.90. The number of aryl methyl sites for hydroxylation is 1. The first kappa shape index (κ1) is 15.8. The van der Waals surface area contributed by atoms with E-state index in [0.717, 1.165) is 11.3 Å². The van der Waals surface area contributed by atoms with Crippen molar-refractivity contribution in [2.24, 2.45) is 0 Å². The van der Waals surface area contributed by atoms with Crippen LogP contribution >= 0.6 is 0 Å². The molecule has 2 fully saturated rings. The van der Waals surface area contributed by atoms with Gasteiger partial charge in [0.05, 0.1) is 17.6 Å². The van der Waals surface area contributed by atoms with Gasteiger partial charge < -0.3 is 19.5 Å². The van der Waals surface area contributed by atoms with Crippen LogP contribution in [0.2, 0.25) is 0 Å². The van der Waals surface area contributed by atoms with Crippen molar-refractivity contribution in [2.45, 2.75) is 25.5 Å². The zero-order chi connectivity index (χ0) is 17.4. The van der Waals surface area contributed by atoms with E-state index in [1.807, 2.05) is 40.8 Å². The zero-order valence-corrected chi connectivity index (χ0v) is 14.1. The topological polar surface area (TPSA) is 76.5 Å². The Morgan fingerprint density at radius 3 is 2.76 bits per heavy atom. The van der Waals surface area contributed by atoms with E-state index in [2.05, 4.69) is 10.3 Å². The van der Waals surface area contributed by atoms with Gasteiger partial charge in [-0.25, -0.2) is 4.98 Å². The third kappa shape index (κ3) is 2.91. The van der Waals surface area contributed by atoms with E-state index in [-0.39, 0.29) is 18.4 Å². The molecule has 2 aromatic rings. The number of imidazole rings is 1. The Hall–Kier alpha value is -2.67. The van der Waals surface area contributed by atoms with Gasteiger partial charge in [-0.15, -0.1) is 0 Å². The molecule has 0 unspecified atom stereocenters. The molecular weight excluding hydrogens is 320 g/mol. The standard InChI is InChI=1S/C18H20N4O3/c1-13-2-3-15(22-9-6-19-12-22)14(10-13)17(24)21-7-4-18(5-8-21)20-16(23)11-25-18/h2-3,6,9-10,12H,4-5,7-8,11H2,1H3,(H,20,23). The molecule has 0 bridgehead atoms. The van der Waals surface area contributed by atoms with Crippen LogP contribution in [0.1, 0.15) is 28.8 Å². The van der Waals surface area contributed by atoms with Crippen LogP contribution in [0.15, 0.2) is 36.9 Å². The number of amides is 2. The monoisotopic (exact) mass is 340 g/mol. The smallest absolute Gasteiger partial charge is 0.255 e. The van der Waals surface area contributed by atoms with Crippen molar-refractivity contribution in [1.29, 1.82) is 0 Å². The van der Waals surface area contributed by atoms with Crippen LogP contribution in [0.4, 0.5) is 0 Å². The second-order valence-corrected chi connectivity index (χ2v) is 6.61. The molecule has 1 N–H and O–H groups in total. The first-order valence-corrected chi connectivity index (χ1v) is 8.40. The number of benzene rings is 1. The van der Waals surface area contributed by atoms with Crippen LogP contribution in [-0.4, -0.2) is 51.7 Å². The van der Waals surface area contributed by atoms with E-state index in [1.54, 1.807) is 12.5 Å². The Balaban J connectivity index is 1.56. The molecule has 1 aromatic carbocycles. The van der Waals surface area contributed by atoms with E-state index in [0.29, 0.717) is 31.5 Å². The van der Waals surface area contributed by atoms with Gasteiger partial charge in [0, 0.05) is 38.3 Å². The summed E-state index contributed by atoms with van der Waals surface area (Å²) in [5.74, 6) is -0.0903. The summed E-state index contributed by atoms with van der Waals surface area (Å²) >= 11 is 0. The maximum atomic E-state index is 13.1. The molecule has 4 rings (SSSR count). The van der Waals surface area contributed by atoms with Crippen LogP contribution < -0.4 is 5.32 Å². The second-order valence-electron chi connectivity index (χ2n) is 6.61. The molecule has 0 radical (unpaired) electrons. The fourth-order valence-corrected chi connectivity index (χ4v) is 3.49. The van der Waals surface area contributed by atoms with Crippen molar-refractivity contribution in [3.05, 3.63) is 48.0 Å². The average Bonchev–Trinajstić information content (AvgIpc) is 3.26. The number of rotatable bonds is 2. The molecule has 2 aliphatic rings. The summed E-state index contributed by atoms with van der Waals surface area (Å²) in [6.07, 6.45) is 6.43. The fraction of sp³-hybridized carbons (Fsp3) is 0.389. The third-order valence-electron chi connectivity index (χ3n) is 4.87. The van der Waals surface area contributed by atoms with Gasteiger partial charge in [0.25, 0.3) is 5.91 Å². The summed E-state index contributed by atoms with van der Waals surface area (Å²) < 4.78 is 7.46. The minimum absolute atomic E-state index is 0.00780. The van der Waals surface area contributed by atoms with Gasteiger partial charge >= 0.3 is 0 Å². The van der Waals surface area contributed by atoms with Crippen LogP contribution in [0.3, 0.4) is 0 Å². The molecule has 130 valence electrons. The van der Waals surface area contributed by atoms with Crippen molar-refractivity contribution >= 4 is 11.8 Å². The van der Waals surface area contributed by atoms with Crippen molar-refractivity contribution < 1.29 is 14.3 Å². The summed E-state index contributed by atoms with van der Waals surface area (Å²) in [4.78, 5) is 30.4. The molecule has 2 saturated heterocycles. The highest BCUT2D eigenvalue weighted by atomic mass is 16.5. The number of ether oxygens (including phenoxy) is 1. The van der Waals surface area contributed by atoms with Gasteiger partial charge in [0.15, 0.2) is 0 Å². The normalized spacial score (nSPS) is 19.2. The quantitative estimate of drug-likeness (QED) is 0.893. The van der Waals surface area contributed by atoms with Crippen LogP contribution in [0.5, 0.6) is 0 Å². The number of likely N-dealkylation sites (tertiary alicyclic amines) is 1. The van der Waals surface area contributed by atoms with Crippen molar-refractivity contribution in [3.8, 4) is 5.69 Å². The van der Waals surface area contributed by atoms with Crippen LogP contribution in [0.25, 0.3) is 5.69 Å². The van der Waals surface area contributed by atoms with E-state index in [4.69, 9.17) is 4.74 Å². The van der Waals surface area contributed by atoms with Gasteiger partial charge in [0.1, 0.15) is 12.3 Å². The lowest BCUT2D eigenvalue weighted by atomic mass is 9.99. The van der Waals surface area contributed by atoms with Gasteiger partial charge in [-0.05, 0) is 19.1 Å². The lowest BCUT2D eigenvalue weighted by molar-refractivity contribution is -0.119. The van der Waals surface area contributed by atoms with Crippen LogP contribution in [-0.2, 0) is 9.53 Å². The number of aromatic nitrogens is 2. The summed E-state index contributed by atoms with van der Waals surface area (Å²) in [6, 6.07) is 5.84. The molecular formula is C18H20N4O3. The Morgan fingerprint density at radius 1 is 1.32 bits per heavy atom. The highest BCUT2D eigenvalue weighted by molar-refractivity contribution is 5.98. The van der Waals surface area contributed by atoms with Crippen molar-refractivity contribution in [3.63, 3.8) is 0 Å². The Labute approximate surface area is 145 Å².